The van der Waals surface area contributed by atoms with E-state index in [-0.39, 0.29) is 35.3 Å². The van der Waals surface area contributed by atoms with Crippen molar-refractivity contribution in [2.45, 2.75) is 57.2 Å². The number of sulfone groups is 1. The third-order valence-electron chi connectivity index (χ3n) is 6.97. The fourth-order valence-corrected chi connectivity index (χ4v) is 7.06. The van der Waals surface area contributed by atoms with Gasteiger partial charge in [0.15, 0.2) is 9.84 Å². The Balaban J connectivity index is 1.34. The molecule has 172 valence electrons. The Labute approximate surface area is 185 Å². The molecule has 1 saturated carbocycles. The van der Waals surface area contributed by atoms with Crippen LogP contribution in [0.3, 0.4) is 0 Å². The average Bonchev–Trinajstić information content (AvgIpc) is 3.31. The molecule has 0 aromatic heterocycles. The first kappa shape index (κ1) is 22.7. The molecule has 1 unspecified atom stereocenters. The normalized spacial score (nSPS) is 25.5. The fourth-order valence-electron chi connectivity index (χ4n) is 5.34. The number of nitrogens with zero attached hydrogens (tertiary/aromatic N) is 3. The van der Waals surface area contributed by atoms with Crippen LogP contribution in [0, 0.1) is 5.82 Å². The molecule has 31 heavy (non-hydrogen) atoms. The van der Waals surface area contributed by atoms with Gasteiger partial charge in [-0.25, -0.2) is 12.8 Å². The number of carbonyl (C=O) groups is 1. The van der Waals surface area contributed by atoms with Gasteiger partial charge >= 0.3 is 0 Å². The summed E-state index contributed by atoms with van der Waals surface area (Å²) >= 11 is 0. The first-order valence-electron chi connectivity index (χ1n) is 11.6. The van der Waals surface area contributed by atoms with Crippen LogP contribution in [0.25, 0.3) is 0 Å². The zero-order valence-electron chi connectivity index (χ0n) is 18.2. The van der Waals surface area contributed by atoms with Crippen molar-refractivity contribution in [1.82, 2.24) is 14.7 Å². The van der Waals surface area contributed by atoms with Crippen LogP contribution in [0.5, 0.6) is 0 Å². The molecular weight excluding hydrogens is 417 g/mol. The summed E-state index contributed by atoms with van der Waals surface area (Å²) in [6.45, 7) is 4.66. The van der Waals surface area contributed by atoms with Crippen LogP contribution < -0.4 is 0 Å². The maximum Gasteiger partial charge on any atom is 0.237 e. The number of halogens is 1. The van der Waals surface area contributed by atoms with Crippen molar-refractivity contribution in [2.75, 3.05) is 44.2 Å². The Hall–Kier alpha value is -1.51. The van der Waals surface area contributed by atoms with E-state index in [4.69, 9.17) is 0 Å². The Morgan fingerprint density at radius 3 is 2.29 bits per heavy atom. The lowest BCUT2D eigenvalue weighted by Gasteiger charge is -2.35. The van der Waals surface area contributed by atoms with Gasteiger partial charge in [0.2, 0.25) is 5.91 Å². The minimum Gasteiger partial charge on any atom is -0.335 e. The predicted molar refractivity (Wildman–Crippen MR) is 119 cm³/mol. The summed E-state index contributed by atoms with van der Waals surface area (Å²) in [6, 6.07) is 6.71. The van der Waals surface area contributed by atoms with Crippen molar-refractivity contribution in [3.05, 3.63) is 35.6 Å². The minimum atomic E-state index is -3.02. The van der Waals surface area contributed by atoms with E-state index in [1.165, 1.54) is 12.1 Å². The molecule has 1 atom stereocenters. The SMILES string of the molecule is O=C(CN1CCCN(Cc2ccc(F)cc2)CC1)N(C1CCCC1)C1CCS(=O)(=O)C1. The summed E-state index contributed by atoms with van der Waals surface area (Å²) < 4.78 is 37.2. The standard InChI is InChI=1S/C23H34FN3O3S/c24-20-8-6-19(7-9-20)16-25-11-3-12-26(14-13-25)17-23(28)27(21-4-1-2-5-21)22-10-15-31(29,30)18-22/h6-9,21-22H,1-5,10-18H2. The van der Waals surface area contributed by atoms with E-state index in [9.17, 15) is 17.6 Å². The third kappa shape index (κ3) is 6.05. The van der Waals surface area contributed by atoms with Crippen LogP contribution in [-0.4, -0.2) is 85.3 Å². The van der Waals surface area contributed by atoms with Crippen molar-refractivity contribution >= 4 is 15.7 Å². The lowest BCUT2D eigenvalue weighted by Crippen LogP contribution is -2.51. The topological polar surface area (TPSA) is 60.9 Å². The van der Waals surface area contributed by atoms with Crippen molar-refractivity contribution in [3.8, 4) is 0 Å². The first-order valence-corrected chi connectivity index (χ1v) is 13.4. The lowest BCUT2D eigenvalue weighted by molar-refractivity contribution is -0.136. The van der Waals surface area contributed by atoms with E-state index in [0.717, 1.165) is 70.4 Å². The number of amides is 1. The van der Waals surface area contributed by atoms with Gasteiger partial charge in [0.25, 0.3) is 0 Å². The minimum absolute atomic E-state index is 0.0981. The summed E-state index contributed by atoms with van der Waals surface area (Å²) in [4.78, 5) is 19.9. The van der Waals surface area contributed by atoms with Gasteiger partial charge in [-0.15, -0.1) is 0 Å². The zero-order valence-corrected chi connectivity index (χ0v) is 19.0. The van der Waals surface area contributed by atoms with Crippen LogP contribution in [0.4, 0.5) is 4.39 Å². The summed E-state index contributed by atoms with van der Waals surface area (Å²) in [5, 5.41) is 0. The van der Waals surface area contributed by atoms with Crippen LogP contribution in [0.15, 0.2) is 24.3 Å². The van der Waals surface area contributed by atoms with Gasteiger partial charge in [-0.1, -0.05) is 25.0 Å². The van der Waals surface area contributed by atoms with Gasteiger partial charge in [0, 0.05) is 31.7 Å². The van der Waals surface area contributed by atoms with E-state index in [0.29, 0.717) is 13.0 Å². The molecule has 0 N–H and O–H groups in total. The van der Waals surface area contributed by atoms with E-state index < -0.39 is 9.84 Å². The Kier molecular flexibility index (Phi) is 7.29. The van der Waals surface area contributed by atoms with Gasteiger partial charge in [-0.2, -0.15) is 0 Å². The van der Waals surface area contributed by atoms with E-state index in [1.54, 1.807) is 0 Å². The second-order valence-electron chi connectivity index (χ2n) is 9.33. The molecule has 3 fully saturated rings. The molecule has 1 aliphatic carbocycles. The Morgan fingerprint density at radius 1 is 0.935 bits per heavy atom. The van der Waals surface area contributed by atoms with Crippen LogP contribution in [0.1, 0.15) is 44.1 Å². The number of hydrogen-bond acceptors (Lipinski definition) is 5. The highest BCUT2D eigenvalue weighted by molar-refractivity contribution is 7.91. The van der Waals surface area contributed by atoms with Gasteiger partial charge in [0.1, 0.15) is 5.82 Å². The van der Waals surface area contributed by atoms with E-state index in [2.05, 4.69) is 9.80 Å². The largest absolute Gasteiger partial charge is 0.335 e. The van der Waals surface area contributed by atoms with Crippen LogP contribution >= 0.6 is 0 Å². The van der Waals surface area contributed by atoms with Crippen molar-refractivity contribution in [3.63, 3.8) is 0 Å². The van der Waals surface area contributed by atoms with Gasteiger partial charge < -0.3 is 4.90 Å². The molecule has 2 saturated heterocycles. The number of carbonyl (C=O) groups excluding carboxylic acids is 1. The second kappa shape index (κ2) is 9.96. The maximum atomic E-state index is 13.4. The summed E-state index contributed by atoms with van der Waals surface area (Å²) in [5.74, 6) is 0.212. The molecule has 2 aliphatic heterocycles. The van der Waals surface area contributed by atoms with Gasteiger partial charge in [-0.3, -0.25) is 14.6 Å². The first-order chi connectivity index (χ1) is 14.9. The average molecular weight is 452 g/mol. The summed E-state index contributed by atoms with van der Waals surface area (Å²) in [5.41, 5.74) is 1.10. The monoisotopic (exact) mass is 451 g/mol. The van der Waals surface area contributed by atoms with Crippen molar-refractivity contribution in [2.24, 2.45) is 0 Å². The molecular formula is C23H34FN3O3S. The van der Waals surface area contributed by atoms with Gasteiger partial charge in [-0.05, 0) is 56.5 Å². The van der Waals surface area contributed by atoms with Crippen LogP contribution in [0.2, 0.25) is 0 Å². The molecule has 1 amide bonds. The fraction of sp³-hybridized carbons (Fsp3) is 0.696. The molecule has 4 rings (SSSR count). The van der Waals surface area contributed by atoms with Crippen molar-refractivity contribution < 1.29 is 17.6 Å². The third-order valence-corrected chi connectivity index (χ3v) is 8.72. The molecule has 1 aromatic carbocycles. The number of hydrogen-bond donors (Lipinski definition) is 0. The molecule has 0 radical (unpaired) electrons. The number of rotatable bonds is 6. The molecule has 8 heteroatoms. The molecule has 0 spiro atoms. The molecule has 2 heterocycles. The smallest absolute Gasteiger partial charge is 0.237 e. The Bertz CT molecular complexity index is 855. The van der Waals surface area contributed by atoms with Gasteiger partial charge in [0.05, 0.1) is 18.1 Å². The maximum absolute atomic E-state index is 13.4. The summed E-state index contributed by atoms with van der Waals surface area (Å²) in [6.07, 6.45) is 5.79. The Morgan fingerprint density at radius 2 is 1.61 bits per heavy atom. The highest BCUT2D eigenvalue weighted by atomic mass is 32.2. The predicted octanol–water partition coefficient (Wildman–Crippen LogP) is 2.29. The summed E-state index contributed by atoms with van der Waals surface area (Å²) in [7, 11) is -3.02. The van der Waals surface area contributed by atoms with Crippen molar-refractivity contribution in [1.29, 1.82) is 0 Å². The van der Waals surface area contributed by atoms with E-state index >= 15 is 0 Å². The lowest BCUT2D eigenvalue weighted by atomic mass is 10.1. The highest BCUT2D eigenvalue weighted by Crippen LogP contribution is 2.29. The highest BCUT2D eigenvalue weighted by Gasteiger charge is 2.39. The molecule has 3 aliphatic rings. The molecule has 6 nitrogen and oxygen atoms in total. The quantitative estimate of drug-likeness (QED) is 0.664. The zero-order chi connectivity index (χ0) is 21.8. The van der Waals surface area contributed by atoms with E-state index in [1.807, 2.05) is 17.0 Å². The molecule has 1 aromatic rings. The second-order valence-corrected chi connectivity index (χ2v) is 11.6. The van der Waals surface area contributed by atoms with Crippen LogP contribution in [-0.2, 0) is 21.2 Å². The molecule has 0 bridgehead atoms. The number of benzene rings is 1.